The molecule has 2 heterocycles. The molecule has 124 valence electrons. The molecule has 4 rings (SSSR count). The molecule has 0 fully saturated rings. The van der Waals surface area contributed by atoms with Gasteiger partial charge in [0.15, 0.2) is 5.78 Å². The maximum Gasteiger partial charge on any atom is 0.237 e. The van der Waals surface area contributed by atoms with Gasteiger partial charge < -0.3 is 9.88 Å². The molecule has 4 nitrogen and oxygen atoms in total. The highest BCUT2D eigenvalue weighted by atomic mass is 16.2. The highest BCUT2D eigenvalue weighted by Gasteiger charge is 2.44. The standard InChI is InChI=1S/C20H22N2O2/c1-4-9-22-16-10-13-12-7-5-6-8-17(23)18(12)21-15(13)11-14(16)20(2,3)19(22)24/h4,10-11,21H,1,5-9H2,2-3H3. The Morgan fingerprint density at radius 2 is 2.00 bits per heavy atom. The Bertz CT molecular complexity index is 889. The molecule has 1 aliphatic carbocycles. The van der Waals surface area contributed by atoms with Crippen molar-refractivity contribution < 1.29 is 9.59 Å². The lowest BCUT2D eigenvalue weighted by atomic mass is 9.85. The van der Waals surface area contributed by atoms with Crippen LogP contribution in [-0.4, -0.2) is 23.2 Å². The van der Waals surface area contributed by atoms with Crippen LogP contribution in [0.1, 0.15) is 54.7 Å². The van der Waals surface area contributed by atoms with E-state index >= 15 is 0 Å². The van der Waals surface area contributed by atoms with Crippen LogP contribution < -0.4 is 4.90 Å². The minimum atomic E-state index is -0.557. The molecule has 1 amide bonds. The van der Waals surface area contributed by atoms with Gasteiger partial charge in [-0.2, -0.15) is 0 Å². The van der Waals surface area contributed by atoms with Gasteiger partial charge >= 0.3 is 0 Å². The van der Waals surface area contributed by atoms with Crippen molar-refractivity contribution >= 4 is 28.3 Å². The number of nitrogens with one attached hydrogen (secondary N) is 1. The molecule has 0 saturated heterocycles. The molecule has 1 aliphatic heterocycles. The summed E-state index contributed by atoms with van der Waals surface area (Å²) in [6.07, 6.45) is 5.27. The first-order valence-corrected chi connectivity index (χ1v) is 8.60. The van der Waals surface area contributed by atoms with Crippen LogP contribution in [0.4, 0.5) is 5.69 Å². The number of aromatic amines is 1. The average Bonchev–Trinajstić information content (AvgIpc) is 2.91. The summed E-state index contributed by atoms with van der Waals surface area (Å²) in [5.74, 6) is 0.310. The molecule has 1 aromatic heterocycles. The van der Waals surface area contributed by atoms with Crippen molar-refractivity contribution in [2.75, 3.05) is 11.4 Å². The lowest BCUT2D eigenvalue weighted by molar-refractivity contribution is -0.122. The highest BCUT2D eigenvalue weighted by Crippen LogP contribution is 2.44. The fourth-order valence-electron chi connectivity index (χ4n) is 4.09. The molecule has 1 aromatic carbocycles. The van der Waals surface area contributed by atoms with E-state index in [0.717, 1.165) is 52.7 Å². The predicted molar refractivity (Wildman–Crippen MR) is 95.8 cm³/mol. The quantitative estimate of drug-likeness (QED) is 0.674. The third-order valence-corrected chi connectivity index (χ3v) is 5.44. The summed E-state index contributed by atoms with van der Waals surface area (Å²) in [5.41, 5.74) is 4.27. The van der Waals surface area contributed by atoms with Crippen molar-refractivity contribution in [3.8, 4) is 0 Å². The molecule has 2 aromatic rings. The maximum absolute atomic E-state index is 12.8. The van der Waals surface area contributed by atoms with E-state index in [2.05, 4.69) is 23.7 Å². The SMILES string of the molecule is C=CCN1C(=O)C(C)(C)c2cc3[nH]c4c(c3cc21)CCCCC4=O. The first kappa shape index (κ1) is 15.2. The van der Waals surface area contributed by atoms with Crippen LogP contribution in [0.3, 0.4) is 0 Å². The van der Waals surface area contributed by atoms with E-state index in [9.17, 15) is 9.59 Å². The summed E-state index contributed by atoms with van der Waals surface area (Å²) < 4.78 is 0. The fourth-order valence-corrected chi connectivity index (χ4v) is 4.09. The molecule has 0 atom stereocenters. The van der Waals surface area contributed by atoms with E-state index in [1.807, 2.05) is 13.8 Å². The molecule has 0 bridgehead atoms. The van der Waals surface area contributed by atoms with Crippen molar-refractivity contribution in [3.63, 3.8) is 0 Å². The van der Waals surface area contributed by atoms with Gasteiger partial charge in [0.2, 0.25) is 5.91 Å². The summed E-state index contributed by atoms with van der Waals surface area (Å²) in [6, 6.07) is 4.16. The summed E-state index contributed by atoms with van der Waals surface area (Å²) in [6.45, 7) is 8.21. The van der Waals surface area contributed by atoms with Gasteiger partial charge in [-0.3, -0.25) is 9.59 Å². The average molecular weight is 322 g/mol. The molecule has 4 heteroatoms. The Morgan fingerprint density at radius 3 is 2.75 bits per heavy atom. The highest BCUT2D eigenvalue weighted by molar-refractivity contribution is 6.11. The summed E-state index contributed by atoms with van der Waals surface area (Å²) in [7, 11) is 0. The van der Waals surface area contributed by atoms with Crippen molar-refractivity contribution in [3.05, 3.63) is 41.6 Å². The number of rotatable bonds is 2. The number of hydrogen-bond acceptors (Lipinski definition) is 2. The monoisotopic (exact) mass is 322 g/mol. The molecule has 24 heavy (non-hydrogen) atoms. The number of benzene rings is 1. The van der Waals surface area contributed by atoms with Crippen molar-refractivity contribution in [1.82, 2.24) is 4.98 Å². The molecule has 0 unspecified atom stereocenters. The normalized spacial score (nSPS) is 19.3. The van der Waals surface area contributed by atoms with E-state index < -0.39 is 5.41 Å². The number of Topliss-reactive ketones (excluding diaryl/α,β-unsaturated/α-hetero) is 1. The van der Waals surface area contributed by atoms with Crippen LogP contribution in [0.15, 0.2) is 24.8 Å². The maximum atomic E-state index is 12.8. The number of aryl methyl sites for hydroxylation is 1. The number of carbonyl (C=O) groups excluding carboxylic acids is 2. The largest absolute Gasteiger partial charge is 0.352 e. The number of amides is 1. The van der Waals surface area contributed by atoms with Gasteiger partial charge in [0, 0.05) is 29.6 Å². The summed E-state index contributed by atoms with van der Waals surface area (Å²) >= 11 is 0. The number of nitrogens with zero attached hydrogens (tertiary/aromatic N) is 1. The molecule has 0 saturated carbocycles. The van der Waals surface area contributed by atoms with Crippen LogP contribution in [0.5, 0.6) is 0 Å². The van der Waals surface area contributed by atoms with E-state index in [1.165, 1.54) is 0 Å². The number of anilines is 1. The van der Waals surface area contributed by atoms with Crippen LogP contribution in [0, 0.1) is 0 Å². The van der Waals surface area contributed by atoms with Gasteiger partial charge in [-0.15, -0.1) is 6.58 Å². The number of carbonyl (C=O) groups is 2. The first-order chi connectivity index (χ1) is 11.4. The van der Waals surface area contributed by atoms with Crippen LogP contribution in [0.2, 0.25) is 0 Å². The smallest absolute Gasteiger partial charge is 0.237 e. The van der Waals surface area contributed by atoms with Gasteiger partial charge in [-0.05, 0) is 56.4 Å². The van der Waals surface area contributed by atoms with Crippen LogP contribution in [-0.2, 0) is 16.6 Å². The van der Waals surface area contributed by atoms with Gasteiger partial charge in [0.05, 0.1) is 11.1 Å². The van der Waals surface area contributed by atoms with Gasteiger partial charge in [0.25, 0.3) is 0 Å². The summed E-state index contributed by atoms with van der Waals surface area (Å²) in [5, 5.41) is 1.08. The summed E-state index contributed by atoms with van der Waals surface area (Å²) in [4.78, 5) is 30.3. The fraction of sp³-hybridized carbons (Fsp3) is 0.400. The molecule has 0 spiro atoms. The number of H-pyrrole nitrogens is 1. The molecular weight excluding hydrogens is 300 g/mol. The first-order valence-electron chi connectivity index (χ1n) is 8.60. The number of hydrogen-bond donors (Lipinski definition) is 1. The second-order valence-electron chi connectivity index (χ2n) is 7.35. The van der Waals surface area contributed by atoms with Crippen LogP contribution >= 0.6 is 0 Å². The number of fused-ring (bicyclic) bond motifs is 4. The molecular formula is C20H22N2O2. The second kappa shape index (κ2) is 5.07. The van der Waals surface area contributed by atoms with Crippen LogP contribution in [0.25, 0.3) is 10.9 Å². The van der Waals surface area contributed by atoms with Gasteiger partial charge in [-0.25, -0.2) is 0 Å². The minimum absolute atomic E-state index is 0.104. The van der Waals surface area contributed by atoms with Gasteiger partial charge in [-0.1, -0.05) is 6.08 Å². The Morgan fingerprint density at radius 1 is 1.25 bits per heavy atom. The lowest BCUT2D eigenvalue weighted by Gasteiger charge is -2.18. The zero-order valence-electron chi connectivity index (χ0n) is 14.2. The molecule has 0 radical (unpaired) electrons. The molecule has 1 N–H and O–H groups in total. The number of ketones is 1. The van der Waals surface area contributed by atoms with E-state index in [1.54, 1.807) is 11.0 Å². The Labute approximate surface area is 141 Å². The topological polar surface area (TPSA) is 53.2 Å². The zero-order chi connectivity index (χ0) is 17.1. The molecule has 2 aliphatic rings. The zero-order valence-corrected chi connectivity index (χ0v) is 14.2. The minimum Gasteiger partial charge on any atom is -0.352 e. The van der Waals surface area contributed by atoms with E-state index in [4.69, 9.17) is 0 Å². The van der Waals surface area contributed by atoms with Gasteiger partial charge in [0.1, 0.15) is 0 Å². The Balaban J connectivity index is 1.98. The van der Waals surface area contributed by atoms with Crippen molar-refractivity contribution in [1.29, 1.82) is 0 Å². The number of aromatic nitrogens is 1. The third kappa shape index (κ3) is 1.92. The lowest BCUT2D eigenvalue weighted by Crippen LogP contribution is -2.36. The van der Waals surface area contributed by atoms with Crippen molar-refractivity contribution in [2.24, 2.45) is 0 Å². The Kier molecular flexibility index (Phi) is 3.21. The van der Waals surface area contributed by atoms with E-state index in [-0.39, 0.29) is 11.7 Å². The van der Waals surface area contributed by atoms with Crippen molar-refractivity contribution in [2.45, 2.75) is 44.9 Å². The second-order valence-corrected chi connectivity index (χ2v) is 7.35. The van der Waals surface area contributed by atoms with E-state index in [0.29, 0.717) is 13.0 Å². The predicted octanol–water partition coefficient (Wildman–Crippen LogP) is 3.89. The third-order valence-electron chi connectivity index (χ3n) is 5.44. The Hall–Kier alpha value is -2.36.